The first-order chi connectivity index (χ1) is 9.13. The Balaban J connectivity index is 1.74. The van der Waals surface area contributed by atoms with Crippen LogP contribution in [0.25, 0.3) is 11.3 Å². The standard InChI is InChI=1S/C13H19N5O/c1-9-12(6-15-17(9)2)13-5-11(19-16-13)8-18-4-3-10(14)7-18/h5-6,10H,3-4,7-8,14H2,1-2H3/t10-/m1/s1. The first-order valence-corrected chi connectivity index (χ1v) is 6.56. The van der Waals surface area contributed by atoms with Gasteiger partial charge in [0.05, 0.1) is 12.7 Å². The lowest BCUT2D eigenvalue weighted by Gasteiger charge is -2.11. The van der Waals surface area contributed by atoms with Gasteiger partial charge in [0, 0.05) is 43.5 Å². The van der Waals surface area contributed by atoms with Crippen molar-refractivity contribution >= 4 is 0 Å². The maximum absolute atomic E-state index is 5.90. The predicted octanol–water partition coefficient (Wildman–Crippen LogP) is 0.917. The molecule has 2 aromatic rings. The summed E-state index contributed by atoms with van der Waals surface area (Å²) in [5.74, 6) is 0.882. The number of nitrogens with zero attached hydrogens (tertiary/aromatic N) is 4. The molecule has 0 spiro atoms. The number of hydrogen-bond donors (Lipinski definition) is 1. The van der Waals surface area contributed by atoms with Crippen LogP contribution in [0.3, 0.4) is 0 Å². The molecule has 6 nitrogen and oxygen atoms in total. The van der Waals surface area contributed by atoms with E-state index in [1.165, 1.54) is 0 Å². The Morgan fingerprint density at radius 2 is 2.37 bits per heavy atom. The van der Waals surface area contributed by atoms with Gasteiger partial charge in [-0.1, -0.05) is 5.16 Å². The highest BCUT2D eigenvalue weighted by atomic mass is 16.5. The van der Waals surface area contributed by atoms with Crippen molar-refractivity contribution in [3.8, 4) is 11.3 Å². The maximum atomic E-state index is 5.90. The highest BCUT2D eigenvalue weighted by Crippen LogP contribution is 2.23. The van der Waals surface area contributed by atoms with Crippen LogP contribution in [-0.4, -0.2) is 39.0 Å². The molecular weight excluding hydrogens is 242 g/mol. The third-order valence-electron chi connectivity index (χ3n) is 3.76. The van der Waals surface area contributed by atoms with E-state index in [1.807, 2.05) is 30.9 Å². The van der Waals surface area contributed by atoms with Crippen LogP contribution in [0.5, 0.6) is 0 Å². The van der Waals surface area contributed by atoms with Crippen LogP contribution in [0, 0.1) is 6.92 Å². The second kappa shape index (κ2) is 4.79. The molecule has 0 unspecified atom stereocenters. The van der Waals surface area contributed by atoms with Gasteiger partial charge in [-0.2, -0.15) is 5.10 Å². The minimum absolute atomic E-state index is 0.294. The fourth-order valence-electron chi connectivity index (χ4n) is 2.49. The van der Waals surface area contributed by atoms with Crippen molar-refractivity contribution in [3.05, 3.63) is 23.7 Å². The fraction of sp³-hybridized carbons (Fsp3) is 0.538. The van der Waals surface area contributed by atoms with Crippen molar-refractivity contribution in [2.24, 2.45) is 12.8 Å². The van der Waals surface area contributed by atoms with Gasteiger partial charge in [0.2, 0.25) is 0 Å². The second-order valence-corrected chi connectivity index (χ2v) is 5.23. The molecule has 1 fully saturated rings. The van der Waals surface area contributed by atoms with E-state index in [-0.39, 0.29) is 0 Å². The lowest BCUT2D eigenvalue weighted by atomic mass is 10.2. The monoisotopic (exact) mass is 261 g/mol. The Morgan fingerprint density at radius 3 is 3.00 bits per heavy atom. The van der Waals surface area contributed by atoms with E-state index in [0.29, 0.717) is 6.04 Å². The molecule has 0 amide bonds. The summed E-state index contributed by atoms with van der Waals surface area (Å²) < 4.78 is 7.25. The van der Waals surface area contributed by atoms with Crippen molar-refractivity contribution in [1.82, 2.24) is 19.8 Å². The summed E-state index contributed by atoms with van der Waals surface area (Å²) in [6.45, 7) is 4.77. The van der Waals surface area contributed by atoms with Crippen molar-refractivity contribution in [3.63, 3.8) is 0 Å². The van der Waals surface area contributed by atoms with Gasteiger partial charge in [-0.15, -0.1) is 0 Å². The molecule has 0 bridgehead atoms. The maximum Gasteiger partial charge on any atom is 0.151 e. The van der Waals surface area contributed by atoms with Crippen LogP contribution in [0.1, 0.15) is 17.9 Å². The normalized spacial score (nSPS) is 20.3. The van der Waals surface area contributed by atoms with Gasteiger partial charge in [0.1, 0.15) is 5.69 Å². The minimum Gasteiger partial charge on any atom is -0.359 e. The molecule has 3 rings (SSSR count). The van der Waals surface area contributed by atoms with Gasteiger partial charge in [-0.25, -0.2) is 0 Å². The summed E-state index contributed by atoms with van der Waals surface area (Å²) in [6.07, 6.45) is 2.88. The summed E-state index contributed by atoms with van der Waals surface area (Å²) in [4.78, 5) is 2.30. The summed E-state index contributed by atoms with van der Waals surface area (Å²) in [5, 5.41) is 8.36. The largest absolute Gasteiger partial charge is 0.359 e. The van der Waals surface area contributed by atoms with E-state index in [9.17, 15) is 0 Å². The van der Waals surface area contributed by atoms with Crippen LogP contribution in [0.15, 0.2) is 16.8 Å². The first kappa shape index (κ1) is 12.4. The number of aromatic nitrogens is 3. The van der Waals surface area contributed by atoms with Gasteiger partial charge >= 0.3 is 0 Å². The zero-order valence-corrected chi connectivity index (χ0v) is 11.3. The highest BCUT2D eigenvalue weighted by Gasteiger charge is 2.21. The molecule has 102 valence electrons. The van der Waals surface area contributed by atoms with Crippen LogP contribution in [-0.2, 0) is 13.6 Å². The second-order valence-electron chi connectivity index (χ2n) is 5.23. The van der Waals surface area contributed by atoms with Crippen molar-refractivity contribution < 1.29 is 4.52 Å². The molecule has 6 heteroatoms. The average molecular weight is 261 g/mol. The molecule has 0 saturated carbocycles. The van der Waals surface area contributed by atoms with Crippen LogP contribution < -0.4 is 5.73 Å². The molecule has 0 radical (unpaired) electrons. The van der Waals surface area contributed by atoms with Gasteiger partial charge < -0.3 is 10.3 Å². The van der Waals surface area contributed by atoms with E-state index in [1.54, 1.807) is 0 Å². The third kappa shape index (κ3) is 2.41. The zero-order valence-electron chi connectivity index (χ0n) is 11.3. The van der Waals surface area contributed by atoms with Gasteiger partial charge in [0.15, 0.2) is 5.76 Å². The van der Waals surface area contributed by atoms with Crippen LogP contribution in [0.2, 0.25) is 0 Å². The lowest BCUT2D eigenvalue weighted by Crippen LogP contribution is -2.26. The molecule has 0 aliphatic carbocycles. The molecule has 1 aliphatic heterocycles. The Morgan fingerprint density at radius 1 is 1.53 bits per heavy atom. The summed E-state index contributed by atoms with van der Waals surface area (Å²) in [5.41, 5.74) is 8.86. The Hall–Kier alpha value is -1.66. The third-order valence-corrected chi connectivity index (χ3v) is 3.76. The highest BCUT2D eigenvalue weighted by molar-refractivity contribution is 5.60. The Bertz CT molecular complexity index is 573. The molecule has 1 saturated heterocycles. The molecule has 1 aliphatic rings. The molecule has 2 aromatic heterocycles. The van der Waals surface area contributed by atoms with E-state index in [0.717, 1.165) is 48.8 Å². The molecule has 3 heterocycles. The number of hydrogen-bond acceptors (Lipinski definition) is 5. The van der Waals surface area contributed by atoms with Gasteiger partial charge in [0.25, 0.3) is 0 Å². The topological polar surface area (TPSA) is 73.1 Å². The lowest BCUT2D eigenvalue weighted by molar-refractivity contribution is 0.272. The molecular formula is C13H19N5O. The number of aryl methyl sites for hydroxylation is 1. The number of likely N-dealkylation sites (tertiary alicyclic amines) is 1. The predicted molar refractivity (Wildman–Crippen MR) is 71.3 cm³/mol. The number of nitrogens with two attached hydrogens (primary N) is 1. The zero-order chi connectivity index (χ0) is 13.4. The first-order valence-electron chi connectivity index (χ1n) is 6.56. The van der Waals surface area contributed by atoms with Crippen molar-refractivity contribution in [2.45, 2.75) is 25.9 Å². The van der Waals surface area contributed by atoms with Crippen molar-refractivity contribution in [2.75, 3.05) is 13.1 Å². The van der Waals surface area contributed by atoms with Crippen LogP contribution in [0.4, 0.5) is 0 Å². The van der Waals surface area contributed by atoms with E-state index < -0.39 is 0 Å². The summed E-state index contributed by atoms with van der Waals surface area (Å²) >= 11 is 0. The average Bonchev–Trinajstić information content (AvgIpc) is 3.05. The van der Waals surface area contributed by atoms with Crippen LogP contribution >= 0.6 is 0 Å². The van der Waals surface area contributed by atoms with E-state index in [2.05, 4.69) is 15.2 Å². The van der Waals surface area contributed by atoms with E-state index in [4.69, 9.17) is 10.3 Å². The Labute approximate surface area is 112 Å². The number of rotatable bonds is 3. The molecule has 2 N–H and O–H groups in total. The fourth-order valence-corrected chi connectivity index (χ4v) is 2.49. The summed E-state index contributed by atoms with van der Waals surface area (Å²) in [6, 6.07) is 2.29. The van der Waals surface area contributed by atoms with Crippen molar-refractivity contribution in [1.29, 1.82) is 0 Å². The minimum atomic E-state index is 0.294. The quantitative estimate of drug-likeness (QED) is 0.889. The molecule has 1 atom stereocenters. The molecule has 0 aromatic carbocycles. The Kier molecular flexibility index (Phi) is 3.12. The molecule has 19 heavy (non-hydrogen) atoms. The van der Waals surface area contributed by atoms with Gasteiger partial charge in [-0.3, -0.25) is 9.58 Å². The van der Waals surface area contributed by atoms with E-state index >= 15 is 0 Å². The SMILES string of the molecule is Cc1c(-c2cc(CN3CC[C@@H](N)C3)on2)cnn1C. The smallest absolute Gasteiger partial charge is 0.151 e. The van der Waals surface area contributed by atoms with Gasteiger partial charge in [-0.05, 0) is 13.3 Å². The summed E-state index contributed by atoms with van der Waals surface area (Å²) in [7, 11) is 1.92.